The lowest BCUT2D eigenvalue weighted by atomic mass is 10.2. The highest BCUT2D eigenvalue weighted by Gasteiger charge is 2.09. The predicted octanol–water partition coefficient (Wildman–Crippen LogP) is 4.63. The van der Waals surface area contributed by atoms with Gasteiger partial charge in [0.1, 0.15) is 0 Å². The highest BCUT2D eigenvalue weighted by atomic mass is 35.5. The van der Waals surface area contributed by atoms with Crippen LogP contribution in [0.5, 0.6) is 0 Å². The van der Waals surface area contributed by atoms with Crippen molar-refractivity contribution in [3.05, 3.63) is 51.2 Å². The summed E-state index contributed by atoms with van der Waals surface area (Å²) in [7, 11) is 2.02. The zero-order valence-electron chi connectivity index (χ0n) is 11.2. The number of hydrogen-bond acceptors (Lipinski definition) is 3. The highest BCUT2D eigenvalue weighted by molar-refractivity contribution is 7.99. The van der Waals surface area contributed by atoms with Crippen LogP contribution in [0.3, 0.4) is 0 Å². The molecule has 1 heterocycles. The molecule has 0 fully saturated rings. The van der Waals surface area contributed by atoms with Crippen LogP contribution in [0.2, 0.25) is 4.34 Å². The molecule has 102 valence electrons. The number of benzene rings is 1. The summed E-state index contributed by atoms with van der Waals surface area (Å²) >= 11 is 9.54. The second-order valence-electron chi connectivity index (χ2n) is 4.52. The van der Waals surface area contributed by atoms with Gasteiger partial charge in [0.2, 0.25) is 0 Å². The van der Waals surface area contributed by atoms with E-state index in [1.54, 1.807) is 11.3 Å². The number of thiophene rings is 1. The molecule has 0 amide bonds. The van der Waals surface area contributed by atoms with Gasteiger partial charge in [-0.3, -0.25) is 0 Å². The Kier molecular flexibility index (Phi) is 5.76. The summed E-state index contributed by atoms with van der Waals surface area (Å²) in [5.74, 6) is 1.06. The molecule has 0 saturated carbocycles. The minimum Gasteiger partial charge on any atom is -0.316 e. The molecule has 4 heteroatoms. The second kappa shape index (κ2) is 7.34. The van der Waals surface area contributed by atoms with Gasteiger partial charge in [-0.25, -0.2) is 0 Å². The Bertz CT molecular complexity index is 524. The van der Waals surface area contributed by atoms with Crippen molar-refractivity contribution in [3.8, 4) is 0 Å². The topological polar surface area (TPSA) is 12.0 Å². The Morgan fingerprint density at radius 1 is 1.32 bits per heavy atom. The number of likely N-dealkylation sites (N-methyl/N-ethyl adjacent to an activating group) is 1. The highest BCUT2D eigenvalue weighted by Crippen LogP contribution is 2.25. The minimum absolute atomic E-state index is 0.472. The Hall–Kier alpha value is -0.480. The molecular formula is C15H18ClNS2. The van der Waals surface area contributed by atoms with Crippen molar-refractivity contribution < 1.29 is 0 Å². The van der Waals surface area contributed by atoms with Crippen LogP contribution in [0.1, 0.15) is 10.4 Å². The van der Waals surface area contributed by atoms with Crippen LogP contribution in [0, 0.1) is 6.92 Å². The van der Waals surface area contributed by atoms with Crippen molar-refractivity contribution in [3.63, 3.8) is 0 Å². The van der Waals surface area contributed by atoms with Crippen LogP contribution in [0.25, 0.3) is 0 Å². The lowest BCUT2D eigenvalue weighted by Crippen LogP contribution is -2.29. The molecule has 0 aliphatic carbocycles. The molecule has 1 nitrogen and oxygen atoms in total. The first-order valence-electron chi connectivity index (χ1n) is 6.28. The van der Waals surface area contributed by atoms with Crippen LogP contribution >= 0.6 is 34.7 Å². The fraction of sp³-hybridized carbons (Fsp3) is 0.333. The third-order valence-corrected chi connectivity index (χ3v) is 5.34. The lowest BCUT2D eigenvalue weighted by Gasteiger charge is -2.15. The van der Waals surface area contributed by atoms with Crippen molar-refractivity contribution in [2.24, 2.45) is 0 Å². The maximum atomic E-state index is 5.97. The molecule has 0 bridgehead atoms. The van der Waals surface area contributed by atoms with E-state index in [-0.39, 0.29) is 0 Å². The molecule has 2 aromatic rings. The Morgan fingerprint density at radius 2 is 2.16 bits per heavy atom. The first-order chi connectivity index (χ1) is 9.17. The number of rotatable bonds is 6. The zero-order chi connectivity index (χ0) is 13.7. The summed E-state index contributed by atoms with van der Waals surface area (Å²) < 4.78 is 0.871. The molecule has 0 spiro atoms. The summed E-state index contributed by atoms with van der Waals surface area (Å²) in [4.78, 5) is 2.68. The first kappa shape index (κ1) is 14.9. The summed E-state index contributed by atoms with van der Waals surface area (Å²) in [5, 5.41) is 3.39. The number of thioether (sulfide) groups is 1. The molecule has 1 unspecified atom stereocenters. The van der Waals surface area contributed by atoms with Crippen molar-refractivity contribution in [2.75, 3.05) is 12.8 Å². The zero-order valence-corrected chi connectivity index (χ0v) is 13.5. The molecule has 0 aliphatic rings. The molecule has 19 heavy (non-hydrogen) atoms. The van der Waals surface area contributed by atoms with E-state index in [1.807, 2.05) is 24.9 Å². The van der Waals surface area contributed by atoms with E-state index in [0.717, 1.165) is 16.5 Å². The lowest BCUT2D eigenvalue weighted by molar-refractivity contribution is 0.622. The Labute approximate surface area is 128 Å². The van der Waals surface area contributed by atoms with Gasteiger partial charge < -0.3 is 5.32 Å². The molecule has 1 aromatic heterocycles. The third kappa shape index (κ3) is 4.84. The van der Waals surface area contributed by atoms with Crippen molar-refractivity contribution in [2.45, 2.75) is 24.3 Å². The molecule has 1 atom stereocenters. The van der Waals surface area contributed by atoms with Gasteiger partial charge in [-0.1, -0.05) is 29.3 Å². The molecule has 1 N–H and O–H groups in total. The van der Waals surface area contributed by atoms with E-state index in [1.165, 1.54) is 15.3 Å². The van der Waals surface area contributed by atoms with E-state index >= 15 is 0 Å². The number of nitrogens with one attached hydrogen (secondary N) is 1. The van der Waals surface area contributed by atoms with Gasteiger partial charge in [0, 0.05) is 21.6 Å². The average Bonchev–Trinajstić information content (AvgIpc) is 2.80. The fourth-order valence-corrected chi connectivity index (χ4v) is 4.14. The maximum absolute atomic E-state index is 5.97. The van der Waals surface area contributed by atoms with Gasteiger partial charge >= 0.3 is 0 Å². The van der Waals surface area contributed by atoms with Crippen LogP contribution < -0.4 is 5.32 Å². The van der Waals surface area contributed by atoms with Gasteiger partial charge in [0.15, 0.2) is 0 Å². The normalized spacial score (nSPS) is 12.6. The quantitative estimate of drug-likeness (QED) is 0.780. The molecule has 0 radical (unpaired) electrons. The van der Waals surface area contributed by atoms with Crippen molar-refractivity contribution in [1.29, 1.82) is 0 Å². The second-order valence-corrected chi connectivity index (χ2v) is 7.42. The summed E-state index contributed by atoms with van der Waals surface area (Å²) in [6.07, 6.45) is 1.03. The standard InChI is InChI=1S/C15H18ClNS2/c1-11-4-3-5-13(8-11)18-10-12(17-2)9-14-6-7-15(16)19-14/h3-8,12,17H,9-10H2,1-2H3. The molecule has 0 aliphatic heterocycles. The Balaban J connectivity index is 1.89. The van der Waals surface area contributed by atoms with Crippen molar-refractivity contribution >= 4 is 34.7 Å². The van der Waals surface area contributed by atoms with Gasteiger partial charge in [0.25, 0.3) is 0 Å². The van der Waals surface area contributed by atoms with Crippen LogP contribution in [-0.4, -0.2) is 18.8 Å². The molecule has 2 rings (SSSR count). The Morgan fingerprint density at radius 3 is 2.79 bits per heavy atom. The average molecular weight is 312 g/mol. The van der Waals surface area contributed by atoms with E-state index in [9.17, 15) is 0 Å². The summed E-state index contributed by atoms with van der Waals surface area (Å²) in [6, 6.07) is 13.2. The molecular weight excluding hydrogens is 294 g/mol. The smallest absolute Gasteiger partial charge is 0.0931 e. The first-order valence-corrected chi connectivity index (χ1v) is 8.46. The maximum Gasteiger partial charge on any atom is 0.0931 e. The van der Waals surface area contributed by atoms with E-state index in [0.29, 0.717) is 6.04 Å². The van der Waals surface area contributed by atoms with Gasteiger partial charge in [-0.15, -0.1) is 23.1 Å². The van der Waals surface area contributed by atoms with E-state index in [4.69, 9.17) is 11.6 Å². The predicted molar refractivity (Wildman–Crippen MR) is 87.8 cm³/mol. The van der Waals surface area contributed by atoms with Crippen LogP contribution in [-0.2, 0) is 6.42 Å². The SMILES string of the molecule is CNC(CSc1cccc(C)c1)Cc1ccc(Cl)s1. The fourth-order valence-electron chi connectivity index (χ4n) is 1.85. The minimum atomic E-state index is 0.472. The van der Waals surface area contributed by atoms with Gasteiger partial charge in [-0.2, -0.15) is 0 Å². The van der Waals surface area contributed by atoms with E-state index < -0.39 is 0 Å². The van der Waals surface area contributed by atoms with Crippen molar-refractivity contribution in [1.82, 2.24) is 5.32 Å². The number of halogens is 1. The monoisotopic (exact) mass is 311 g/mol. The summed E-state index contributed by atoms with van der Waals surface area (Å²) in [5.41, 5.74) is 1.32. The third-order valence-electron chi connectivity index (χ3n) is 2.93. The summed E-state index contributed by atoms with van der Waals surface area (Å²) in [6.45, 7) is 2.13. The number of hydrogen-bond donors (Lipinski definition) is 1. The number of aryl methyl sites for hydroxylation is 1. The van der Waals surface area contributed by atoms with E-state index in [2.05, 4.69) is 42.6 Å². The van der Waals surface area contributed by atoms with Crippen LogP contribution in [0.4, 0.5) is 0 Å². The molecule has 0 saturated heterocycles. The van der Waals surface area contributed by atoms with Gasteiger partial charge in [0.05, 0.1) is 4.34 Å². The van der Waals surface area contributed by atoms with Crippen LogP contribution in [0.15, 0.2) is 41.3 Å². The largest absolute Gasteiger partial charge is 0.316 e. The van der Waals surface area contributed by atoms with Gasteiger partial charge in [-0.05, 0) is 44.7 Å². The molecule has 1 aromatic carbocycles.